The highest BCUT2D eigenvalue weighted by Crippen LogP contribution is 2.32. The lowest BCUT2D eigenvalue weighted by atomic mass is 10.2. The molecule has 1 saturated heterocycles. The van der Waals surface area contributed by atoms with Crippen LogP contribution in [-0.2, 0) is 4.79 Å². The van der Waals surface area contributed by atoms with Crippen molar-refractivity contribution in [2.75, 3.05) is 7.11 Å². The van der Waals surface area contributed by atoms with Crippen LogP contribution in [-0.4, -0.2) is 28.5 Å². The maximum atomic E-state index is 11.7. The van der Waals surface area contributed by atoms with E-state index in [2.05, 4.69) is 10.6 Å². The molecule has 0 saturated carbocycles. The zero-order valence-corrected chi connectivity index (χ0v) is 14.3. The summed E-state index contributed by atoms with van der Waals surface area (Å²) in [4.78, 5) is 33.6. The van der Waals surface area contributed by atoms with Crippen molar-refractivity contribution in [2.45, 2.75) is 13.8 Å². The Bertz CT molecular complexity index is 974. The normalized spacial score (nSPS) is 15.1. The fourth-order valence-corrected chi connectivity index (χ4v) is 2.91. The average Bonchev–Trinajstić information content (AvgIpc) is 3.05. The predicted octanol–water partition coefficient (Wildman–Crippen LogP) is 2.19. The van der Waals surface area contributed by atoms with E-state index in [-0.39, 0.29) is 11.4 Å². The number of hydrogen-bond donors (Lipinski definition) is 2. The molecule has 0 spiro atoms. The number of aryl methyl sites for hydroxylation is 1. The number of benzene rings is 1. The molecule has 1 fully saturated rings. The van der Waals surface area contributed by atoms with Crippen LogP contribution in [0, 0.1) is 24.0 Å². The van der Waals surface area contributed by atoms with Gasteiger partial charge in [-0.3, -0.25) is 20.2 Å². The molecule has 2 N–H and O–H groups in total. The third-order valence-electron chi connectivity index (χ3n) is 4.10. The van der Waals surface area contributed by atoms with E-state index in [1.807, 2.05) is 19.9 Å². The number of non-ortho nitro benzene ring substituents is 1. The van der Waals surface area contributed by atoms with Crippen molar-refractivity contribution in [3.8, 4) is 11.4 Å². The van der Waals surface area contributed by atoms with Crippen LogP contribution in [0.25, 0.3) is 11.8 Å². The van der Waals surface area contributed by atoms with Gasteiger partial charge in [0.15, 0.2) is 0 Å². The topological polar surface area (TPSA) is 116 Å². The zero-order chi connectivity index (χ0) is 19.0. The van der Waals surface area contributed by atoms with Crippen molar-refractivity contribution < 1.29 is 19.2 Å². The van der Waals surface area contributed by atoms with Gasteiger partial charge in [-0.05, 0) is 37.6 Å². The van der Waals surface area contributed by atoms with Gasteiger partial charge in [0.2, 0.25) is 0 Å². The summed E-state index contributed by atoms with van der Waals surface area (Å²) in [5.41, 5.74) is 2.82. The summed E-state index contributed by atoms with van der Waals surface area (Å²) in [7, 11) is 1.49. The number of imide groups is 1. The molecule has 1 aromatic carbocycles. The second kappa shape index (κ2) is 6.36. The maximum Gasteiger partial charge on any atom is 0.326 e. The van der Waals surface area contributed by atoms with Gasteiger partial charge in [-0.25, -0.2) is 4.79 Å². The Kier molecular flexibility index (Phi) is 4.21. The second-order valence-electron chi connectivity index (χ2n) is 5.74. The first kappa shape index (κ1) is 17.2. The summed E-state index contributed by atoms with van der Waals surface area (Å²) >= 11 is 0. The van der Waals surface area contributed by atoms with E-state index in [0.717, 1.165) is 11.4 Å². The van der Waals surface area contributed by atoms with Crippen molar-refractivity contribution >= 4 is 23.7 Å². The van der Waals surface area contributed by atoms with Gasteiger partial charge in [-0.1, -0.05) is 0 Å². The van der Waals surface area contributed by atoms with Gasteiger partial charge in [-0.15, -0.1) is 0 Å². The van der Waals surface area contributed by atoms with Crippen LogP contribution in [0.2, 0.25) is 0 Å². The van der Waals surface area contributed by atoms with Crippen molar-refractivity contribution in [1.82, 2.24) is 15.2 Å². The molecule has 1 aromatic heterocycles. The highest BCUT2D eigenvalue weighted by atomic mass is 16.6. The van der Waals surface area contributed by atoms with Crippen LogP contribution >= 0.6 is 0 Å². The number of amides is 3. The maximum absolute atomic E-state index is 11.7. The molecular weight excluding hydrogens is 340 g/mol. The first-order chi connectivity index (χ1) is 12.3. The summed E-state index contributed by atoms with van der Waals surface area (Å²) in [6.07, 6.45) is 1.56. The van der Waals surface area contributed by atoms with Crippen molar-refractivity contribution in [3.05, 3.63) is 57.0 Å². The molecule has 9 heteroatoms. The molecule has 3 rings (SSSR count). The van der Waals surface area contributed by atoms with Crippen LogP contribution in [0.15, 0.2) is 30.0 Å². The molecule has 1 aliphatic rings. The highest BCUT2D eigenvalue weighted by Gasteiger charge is 2.24. The predicted molar refractivity (Wildman–Crippen MR) is 93.1 cm³/mol. The number of nitro groups is 1. The van der Waals surface area contributed by atoms with Gasteiger partial charge in [0.25, 0.3) is 11.6 Å². The molecule has 26 heavy (non-hydrogen) atoms. The third kappa shape index (κ3) is 2.90. The van der Waals surface area contributed by atoms with E-state index in [4.69, 9.17) is 4.74 Å². The summed E-state index contributed by atoms with van der Waals surface area (Å²) in [6.45, 7) is 3.65. The monoisotopic (exact) mass is 356 g/mol. The molecule has 134 valence electrons. The fraction of sp³-hybridized carbons (Fsp3) is 0.176. The zero-order valence-electron chi connectivity index (χ0n) is 14.3. The van der Waals surface area contributed by atoms with Gasteiger partial charge in [0, 0.05) is 23.5 Å². The number of nitro benzene ring substituents is 1. The number of carbonyl (C=O) groups excluding carboxylic acids is 2. The Morgan fingerprint density at radius 1 is 1.19 bits per heavy atom. The van der Waals surface area contributed by atoms with E-state index in [1.54, 1.807) is 10.6 Å². The van der Waals surface area contributed by atoms with Crippen LogP contribution in [0.4, 0.5) is 10.5 Å². The Balaban J connectivity index is 2.14. The van der Waals surface area contributed by atoms with Gasteiger partial charge in [0.1, 0.15) is 11.4 Å². The first-order valence-corrected chi connectivity index (χ1v) is 7.67. The Hall–Kier alpha value is -3.62. The average molecular weight is 356 g/mol. The fourth-order valence-electron chi connectivity index (χ4n) is 2.91. The van der Waals surface area contributed by atoms with Crippen LogP contribution in [0.5, 0.6) is 5.75 Å². The lowest BCUT2D eigenvalue weighted by Crippen LogP contribution is -2.22. The SMILES string of the molecule is COc1ccc([N+](=O)[O-])cc1-n1c(C)cc(/C=C2\NC(=O)NC2=O)c1C. The molecule has 9 nitrogen and oxygen atoms in total. The molecule has 0 atom stereocenters. The van der Waals surface area contributed by atoms with Crippen molar-refractivity contribution in [1.29, 1.82) is 0 Å². The van der Waals surface area contributed by atoms with Crippen LogP contribution < -0.4 is 15.4 Å². The van der Waals surface area contributed by atoms with Gasteiger partial charge < -0.3 is 14.6 Å². The molecule has 3 amide bonds. The summed E-state index contributed by atoms with van der Waals surface area (Å²) in [5, 5.41) is 15.7. The molecule has 0 bridgehead atoms. The Labute approximate surface area is 148 Å². The molecule has 2 aromatic rings. The van der Waals surface area contributed by atoms with E-state index < -0.39 is 16.9 Å². The minimum Gasteiger partial charge on any atom is -0.495 e. The van der Waals surface area contributed by atoms with Crippen LogP contribution in [0.3, 0.4) is 0 Å². The Morgan fingerprint density at radius 3 is 2.50 bits per heavy atom. The summed E-state index contributed by atoms with van der Waals surface area (Å²) in [5.74, 6) is -0.0313. The number of nitrogens with one attached hydrogen (secondary N) is 2. The number of ether oxygens (including phenoxy) is 1. The number of methoxy groups -OCH3 is 1. The minimum atomic E-state index is -0.574. The largest absolute Gasteiger partial charge is 0.495 e. The minimum absolute atomic E-state index is 0.0596. The Morgan fingerprint density at radius 2 is 1.92 bits per heavy atom. The van der Waals surface area contributed by atoms with Crippen LogP contribution in [0.1, 0.15) is 17.0 Å². The number of hydrogen-bond acceptors (Lipinski definition) is 5. The van der Waals surface area contributed by atoms with E-state index >= 15 is 0 Å². The van der Waals surface area contributed by atoms with E-state index in [0.29, 0.717) is 17.0 Å². The molecule has 2 heterocycles. The number of nitrogens with zero attached hydrogens (tertiary/aromatic N) is 2. The number of aromatic nitrogens is 1. The molecule has 1 aliphatic heterocycles. The number of carbonyl (C=O) groups is 2. The number of urea groups is 1. The first-order valence-electron chi connectivity index (χ1n) is 7.67. The van der Waals surface area contributed by atoms with Gasteiger partial charge in [-0.2, -0.15) is 0 Å². The smallest absolute Gasteiger partial charge is 0.326 e. The van der Waals surface area contributed by atoms with Crippen molar-refractivity contribution in [2.24, 2.45) is 0 Å². The van der Waals surface area contributed by atoms with Gasteiger partial charge >= 0.3 is 6.03 Å². The molecule has 0 radical (unpaired) electrons. The second-order valence-corrected chi connectivity index (χ2v) is 5.74. The van der Waals surface area contributed by atoms with E-state index in [9.17, 15) is 19.7 Å². The highest BCUT2D eigenvalue weighted by molar-refractivity contribution is 6.14. The van der Waals surface area contributed by atoms with Gasteiger partial charge in [0.05, 0.1) is 17.7 Å². The number of rotatable bonds is 4. The molecule has 0 unspecified atom stereocenters. The third-order valence-corrected chi connectivity index (χ3v) is 4.10. The van der Waals surface area contributed by atoms with E-state index in [1.165, 1.54) is 25.3 Å². The quantitative estimate of drug-likeness (QED) is 0.377. The van der Waals surface area contributed by atoms with Crippen molar-refractivity contribution in [3.63, 3.8) is 0 Å². The lowest BCUT2D eigenvalue weighted by molar-refractivity contribution is -0.384. The summed E-state index contributed by atoms with van der Waals surface area (Å²) in [6, 6.07) is 5.58. The molecular formula is C17H16N4O5. The molecule has 0 aliphatic carbocycles. The summed E-state index contributed by atoms with van der Waals surface area (Å²) < 4.78 is 7.14. The standard InChI is InChI=1S/C17H16N4O5/c1-9-6-11(7-13-16(22)19-17(23)18-13)10(2)20(9)14-8-12(21(24)25)4-5-15(14)26-3/h4-8H,1-3H3,(H2,18,19,22,23)/b13-7-. The lowest BCUT2D eigenvalue weighted by Gasteiger charge is -2.13.